The van der Waals surface area contributed by atoms with Crippen LogP contribution >= 0.6 is 11.8 Å². The van der Waals surface area contributed by atoms with Crippen molar-refractivity contribution in [2.45, 2.75) is 33.8 Å². The van der Waals surface area contributed by atoms with Gasteiger partial charge in [-0.05, 0) is 36.4 Å². The van der Waals surface area contributed by atoms with Gasteiger partial charge in [0, 0.05) is 48.8 Å². The van der Waals surface area contributed by atoms with Crippen LogP contribution in [0.15, 0.2) is 51.1 Å². The average Bonchev–Trinajstić information content (AvgIpc) is 2.72. The number of carbonyl (C=O) groups is 1. The fourth-order valence-electron chi connectivity index (χ4n) is 3.56. The van der Waals surface area contributed by atoms with Crippen molar-refractivity contribution < 1.29 is 26.0 Å². The van der Waals surface area contributed by atoms with Crippen molar-refractivity contribution in [2.75, 3.05) is 43.6 Å². The summed E-state index contributed by atoms with van der Waals surface area (Å²) in [7, 11) is -6.98. The normalized spacial score (nSPS) is 15.2. The van der Waals surface area contributed by atoms with E-state index in [1.165, 1.54) is 36.0 Å². The molecule has 0 N–H and O–H groups in total. The van der Waals surface area contributed by atoms with Crippen LogP contribution in [0.25, 0.3) is 0 Å². The van der Waals surface area contributed by atoms with Crippen LogP contribution in [0.1, 0.15) is 24.2 Å². The molecule has 0 unspecified atom stereocenters. The first-order chi connectivity index (χ1) is 15.3. The Morgan fingerprint density at radius 1 is 0.909 bits per heavy atom. The van der Waals surface area contributed by atoms with Gasteiger partial charge in [-0.25, -0.2) is 21.2 Å². The SMILES string of the molecule is CC(C)Sc1ccc(S(C)(=O)=O)cc1C(=O)N1CCN(c2ccc(S(C)(=O)=O)cc2F)CC1. The minimum Gasteiger partial charge on any atom is -0.366 e. The Bertz CT molecular complexity index is 1270. The molecule has 0 aromatic heterocycles. The van der Waals surface area contributed by atoms with Gasteiger partial charge in [-0.3, -0.25) is 4.79 Å². The highest BCUT2D eigenvalue weighted by atomic mass is 32.2. The van der Waals surface area contributed by atoms with Crippen LogP contribution in [0, 0.1) is 5.82 Å². The summed E-state index contributed by atoms with van der Waals surface area (Å²) in [6.45, 7) is 5.35. The van der Waals surface area contributed by atoms with E-state index in [0.717, 1.165) is 18.6 Å². The second-order valence-electron chi connectivity index (χ2n) is 8.26. The summed E-state index contributed by atoms with van der Waals surface area (Å²) in [6.07, 6.45) is 2.13. The molecule has 2 aromatic carbocycles. The van der Waals surface area contributed by atoms with E-state index in [2.05, 4.69) is 0 Å². The molecule has 180 valence electrons. The number of halogens is 1. The maximum absolute atomic E-state index is 14.6. The zero-order valence-electron chi connectivity index (χ0n) is 18.9. The summed E-state index contributed by atoms with van der Waals surface area (Å²) in [5.74, 6) is -0.898. The van der Waals surface area contributed by atoms with Crippen LogP contribution in [-0.2, 0) is 19.7 Å². The molecule has 3 rings (SSSR count). The lowest BCUT2D eigenvalue weighted by Gasteiger charge is -2.36. The van der Waals surface area contributed by atoms with Gasteiger partial charge in [0.25, 0.3) is 5.91 Å². The van der Waals surface area contributed by atoms with E-state index in [-0.39, 0.29) is 26.6 Å². The zero-order chi connectivity index (χ0) is 24.6. The van der Waals surface area contributed by atoms with Crippen LogP contribution in [0.2, 0.25) is 0 Å². The number of hydrogen-bond acceptors (Lipinski definition) is 7. The first kappa shape index (κ1) is 25.5. The number of thioether (sulfide) groups is 1. The topological polar surface area (TPSA) is 91.8 Å². The smallest absolute Gasteiger partial charge is 0.255 e. The Morgan fingerprint density at radius 3 is 1.97 bits per heavy atom. The van der Waals surface area contributed by atoms with Gasteiger partial charge < -0.3 is 9.80 Å². The summed E-state index contributed by atoms with van der Waals surface area (Å²) < 4.78 is 61.9. The van der Waals surface area contributed by atoms with Gasteiger partial charge in [-0.1, -0.05) is 13.8 Å². The third-order valence-electron chi connectivity index (χ3n) is 5.23. The quantitative estimate of drug-likeness (QED) is 0.547. The number of hydrogen-bond donors (Lipinski definition) is 0. The number of sulfone groups is 2. The van der Waals surface area contributed by atoms with E-state index >= 15 is 0 Å². The Kier molecular flexibility index (Phi) is 7.45. The molecule has 0 radical (unpaired) electrons. The lowest BCUT2D eigenvalue weighted by molar-refractivity contribution is 0.0743. The third kappa shape index (κ3) is 6.07. The molecule has 11 heteroatoms. The number of piperazine rings is 1. The van der Waals surface area contributed by atoms with Gasteiger partial charge in [-0.15, -0.1) is 11.8 Å². The van der Waals surface area contributed by atoms with Crippen molar-refractivity contribution in [3.05, 3.63) is 47.8 Å². The monoisotopic (exact) mass is 514 g/mol. The maximum atomic E-state index is 14.6. The Hall–Kier alpha value is -2.11. The number of rotatable bonds is 6. The molecule has 0 aliphatic carbocycles. The Labute approximate surface area is 198 Å². The second kappa shape index (κ2) is 9.63. The molecule has 2 aromatic rings. The Balaban J connectivity index is 1.80. The molecule has 7 nitrogen and oxygen atoms in total. The predicted octanol–water partition coefficient (Wildman–Crippen LogP) is 3.10. The third-order valence-corrected chi connectivity index (χ3v) is 8.53. The number of amides is 1. The average molecular weight is 515 g/mol. The largest absolute Gasteiger partial charge is 0.366 e. The number of benzene rings is 2. The van der Waals surface area contributed by atoms with Crippen LogP contribution in [0.4, 0.5) is 10.1 Å². The van der Waals surface area contributed by atoms with Crippen LogP contribution < -0.4 is 4.90 Å². The van der Waals surface area contributed by atoms with Gasteiger partial charge in [0.15, 0.2) is 19.7 Å². The fourth-order valence-corrected chi connectivity index (χ4v) is 5.77. The first-order valence-corrected chi connectivity index (χ1v) is 15.0. The molecule has 1 fully saturated rings. The minimum atomic E-state index is -3.51. The van der Waals surface area contributed by atoms with E-state index in [1.54, 1.807) is 15.9 Å². The van der Waals surface area contributed by atoms with Gasteiger partial charge >= 0.3 is 0 Å². The highest BCUT2D eigenvalue weighted by molar-refractivity contribution is 8.00. The van der Waals surface area contributed by atoms with E-state index in [1.807, 2.05) is 13.8 Å². The van der Waals surface area contributed by atoms with Gasteiger partial charge in [0.1, 0.15) is 5.82 Å². The summed E-state index contributed by atoms with van der Waals surface area (Å²) in [5, 5.41) is 0.204. The number of carbonyl (C=O) groups excluding carboxylic acids is 1. The van der Waals surface area contributed by atoms with E-state index < -0.39 is 25.5 Å². The van der Waals surface area contributed by atoms with Crippen molar-refractivity contribution >= 4 is 43.0 Å². The molecule has 0 bridgehead atoms. The molecular weight excluding hydrogens is 487 g/mol. The molecular formula is C22H27FN2O5S3. The van der Waals surface area contributed by atoms with Crippen LogP contribution in [-0.4, -0.2) is 71.6 Å². The molecule has 1 saturated heterocycles. The first-order valence-electron chi connectivity index (χ1n) is 10.3. The zero-order valence-corrected chi connectivity index (χ0v) is 21.4. The predicted molar refractivity (Wildman–Crippen MR) is 128 cm³/mol. The minimum absolute atomic E-state index is 0.0847. The van der Waals surface area contributed by atoms with Crippen molar-refractivity contribution in [1.82, 2.24) is 4.90 Å². The molecule has 1 amide bonds. The number of nitrogens with zero attached hydrogens (tertiary/aromatic N) is 2. The molecule has 1 aliphatic rings. The van der Waals surface area contributed by atoms with Crippen molar-refractivity contribution in [2.24, 2.45) is 0 Å². The molecule has 0 saturated carbocycles. The maximum Gasteiger partial charge on any atom is 0.255 e. The van der Waals surface area contributed by atoms with Gasteiger partial charge in [0.2, 0.25) is 0 Å². The van der Waals surface area contributed by atoms with Crippen molar-refractivity contribution in [3.8, 4) is 0 Å². The van der Waals surface area contributed by atoms with E-state index in [9.17, 15) is 26.0 Å². The van der Waals surface area contributed by atoms with Crippen LogP contribution in [0.5, 0.6) is 0 Å². The standard InChI is InChI=1S/C22H27FN2O5S3/c1-15(2)31-21-8-6-16(32(3,27)28)13-18(21)22(26)25-11-9-24(10-12-25)20-7-5-17(14-19(20)23)33(4,29)30/h5-8,13-15H,9-12H2,1-4H3. The molecule has 33 heavy (non-hydrogen) atoms. The molecule has 0 atom stereocenters. The van der Waals surface area contributed by atoms with Crippen molar-refractivity contribution in [3.63, 3.8) is 0 Å². The second-order valence-corrected chi connectivity index (χ2v) is 13.9. The lowest BCUT2D eigenvalue weighted by Crippen LogP contribution is -2.49. The fraction of sp³-hybridized carbons (Fsp3) is 0.409. The molecule has 1 heterocycles. The Morgan fingerprint density at radius 2 is 1.45 bits per heavy atom. The van der Waals surface area contributed by atoms with E-state index in [4.69, 9.17) is 0 Å². The van der Waals surface area contributed by atoms with Crippen LogP contribution in [0.3, 0.4) is 0 Å². The highest BCUT2D eigenvalue weighted by Gasteiger charge is 2.27. The molecule has 1 aliphatic heterocycles. The van der Waals surface area contributed by atoms with Gasteiger partial charge in [-0.2, -0.15) is 0 Å². The van der Waals surface area contributed by atoms with Crippen molar-refractivity contribution in [1.29, 1.82) is 0 Å². The summed E-state index contributed by atoms with van der Waals surface area (Å²) in [4.78, 5) is 17.4. The lowest BCUT2D eigenvalue weighted by atomic mass is 10.1. The summed E-state index contributed by atoms with van der Waals surface area (Å²) in [6, 6.07) is 8.43. The number of anilines is 1. The summed E-state index contributed by atoms with van der Waals surface area (Å²) in [5.41, 5.74) is 0.624. The highest BCUT2D eigenvalue weighted by Crippen LogP contribution is 2.30. The van der Waals surface area contributed by atoms with E-state index in [0.29, 0.717) is 36.6 Å². The molecule has 0 spiro atoms. The summed E-state index contributed by atoms with van der Waals surface area (Å²) >= 11 is 1.49. The van der Waals surface area contributed by atoms with Gasteiger partial charge in [0.05, 0.1) is 21.0 Å².